The molecule has 0 amide bonds. The fourth-order valence-electron chi connectivity index (χ4n) is 2.00. The summed E-state index contributed by atoms with van der Waals surface area (Å²) >= 11 is 3.31. The van der Waals surface area contributed by atoms with Crippen molar-refractivity contribution in [3.05, 3.63) is 64.1 Å². The van der Waals surface area contributed by atoms with Crippen molar-refractivity contribution in [3.8, 4) is 11.5 Å². The molecule has 0 aliphatic rings. The number of ketones is 1. The number of allylic oxidation sites excluding steroid dienone is 1. The average molecular weight is 397 g/mol. The van der Waals surface area contributed by atoms with Crippen LogP contribution in [0.1, 0.15) is 22.8 Å². The van der Waals surface area contributed by atoms with Gasteiger partial charge in [-0.1, -0.05) is 40.2 Å². The molecule has 0 saturated heterocycles. The molecule has 0 N–H and O–H groups in total. The predicted octanol–water partition coefficient (Wildman–Crippen LogP) is 5.35. The van der Waals surface area contributed by atoms with Gasteiger partial charge < -0.3 is 9.47 Å². The summed E-state index contributed by atoms with van der Waals surface area (Å²) in [5, 5.41) is 0. The minimum absolute atomic E-state index is 0.0395. The molecule has 3 nitrogen and oxygen atoms in total. The summed E-state index contributed by atoms with van der Waals surface area (Å²) < 4.78 is 35.3. The standard InChI is InChI=1S/C18H15BrF2O3/c1-2-23-17-10-12(7-9-16(17)24-18(20)21)6-8-15(22)13-4-3-5-14(19)11-13/h3-11,18H,2H2,1H3/b8-6+. The Morgan fingerprint density at radius 1 is 1.21 bits per heavy atom. The molecule has 0 atom stereocenters. The SMILES string of the molecule is CCOc1cc(/C=C/C(=O)c2cccc(Br)c2)ccc1OC(F)F. The lowest BCUT2D eigenvalue weighted by atomic mass is 10.1. The molecule has 0 fully saturated rings. The van der Waals surface area contributed by atoms with Crippen LogP contribution in [0.15, 0.2) is 53.0 Å². The van der Waals surface area contributed by atoms with E-state index in [9.17, 15) is 13.6 Å². The van der Waals surface area contributed by atoms with Crippen LogP contribution in [0.2, 0.25) is 0 Å². The first-order chi connectivity index (χ1) is 11.5. The molecule has 2 aromatic rings. The zero-order chi connectivity index (χ0) is 17.5. The molecule has 24 heavy (non-hydrogen) atoms. The van der Waals surface area contributed by atoms with E-state index in [0.29, 0.717) is 17.7 Å². The highest BCUT2D eigenvalue weighted by molar-refractivity contribution is 9.10. The summed E-state index contributed by atoms with van der Waals surface area (Å²) in [5.41, 5.74) is 1.19. The number of benzene rings is 2. The lowest BCUT2D eigenvalue weighted by Crippen LogP contribution is -2.04. The van der Waals surface area contributed by atoms with Crippen LogP contribution in [0.3, 0.4) is 0 Å². The molecular weight excluding hydrogens is 382 g/mol. The summed E-state index contributed by atoms with van der Waals surface area (Å²) in [5.74, 6) is -0.000613. The third kappa shape index (κ3) is 5.16. The Morgan fingerprint density at radius 2 is 2.00 bits per heavy atom. The quantitative estimate of drug-likeness (QED) is 0.467. The highest BCUT2D eigenvalue weighted by Gasteiger charge is 2.11. The summed E-state index contributed by atoms with van der Waals surface area (Å²) in [6, 6.07) is 11.5. The molecule has 0 saturated carbocycles. The Hall–Kier alpha value is -2.21. The zero-order valence-electron chi connectivity index (χ0n) is 12.8. The van der Waals surface area contributed by atoms with Crippen LogP contribution in [0.4, 0.5) is 8.78 Å². The van der Waals surface area contributed by atoms with Crippen molar-refractivity contribution in [3.63, 3.8) is 0 Å². The third-order valence-corrected chi connectivity index (χ3v) is 3.51. The first kappa shape index (κ1) is 18.1. The largest absolute Gasteiger partial charge is 0.490 e. The molecule has 2 rings (SSSR count). The molecular formula is C18H15BrF2O3. The summed E-state index contributed by atoms with van der Waals surface area (Å²) in [6.07, 6.45) is 3.01. The normalized spacial score (nSPS) is 11.0. The fourth-order valence-corrected chi connectivity index (χ4v) is 2.40. The van der Waals surface area contributed by atoms with E-state index in [1.54, 1.807) is 43.3 Å². The highest BCUT2D eigenvalue weighted by atomic mass is 79.9. The maximum absolute atomic E-state index is 12.4. The van der Waals surface area contributed by atoms with Gasteiger partial charge in [0.25, 0.3) is 0 Å². The number of alkyl halides is 2. The Morgan fingerprint density at radius 3 is 2.67 bits per heavy atom. The van der Waals surface area contributed by atoms with E-state index in [4.69, 9.17) is 4.74 Å². The smallest absolute Gasteiger partial charge is 0.387 e. The summed E-state index contributed by atoms with van der Waals surface area (Å²) in [4.78, 5) is 12.1. The van der Waals surface area contributed by atoms with Crippen LogP contribution < -0.4 is 9.47 Å². The maximum atomic E-state index is 12.4. The van der Waals surface area contributed by atoms with Gasteiger partial charge in [-0.2, -0.15) is 8.78 Å². The molecule has 0 bridgehead atoms. The van der Waals surface area contributed by atoms with Crippen LogP contribution >= 0.6 is 15.9 Å². The molecule has 0 radical (unpaired) electrons. The van der Waals surface area contributed by atoms with Crippen LogP contribution in [-0.4, -0.2) is 19.0 Å². The Bertz CT molecular complexity index is 745. The number of halogens is 3. The van der Waals surface area contributed by atoms with E-state index in [1.165, 1.54) is 12.1 Å². The monoisotopic (exact) mass is 396 g/mol. The fraction of sp³-hybridized carbons (Fsp3) is 0.167. The Kier molecular flexibility index (Phi) is 6.49. The molecule has 0 aliphatic carbocycles. The number of rotatable bonds is 7. The average Bonchev–Trinajstić information content (AvgIpc) is 2.54. The van der Waals surface area contributed by atoms with Gasteiger partial charge in [-0.15, -0.1) is 0 Å². The first-order valence-electron chi connectivity index (χ1n) is 7.19. The van der Waals surface area contributed by atoms with Crippen molar-refractivity contribution in [2.75, 3.05) is 6.61 Å². The predicted molar refractivity (Wildman–Crippen MR) is 91.7 cm³/mol. The van der Waals surface area contributed by atoms with Crippen LogP contribution in [-0.2, 0) is 0 Å². The van der Waals surface area contributed by atoms with Crippen molar-refractivity contribution in [2.45, 2.75) is 13.5 Å². The highest BCUT2D eigenvalue weighted by Crippen LogP contribution is 2.30. The number of hydrogen-bond acceptors (Lipinski definition) is 3. The minimum atomic E-state index is -2.93. The van der Waals surface area contributed by atoms with Crippen molar-refractivity contribution in [1.82, 2.24) is 0 Å². The number of hydrogen-bond donors (Lipinski definition) is 0. The van der Waals surface area contributed by atoms with Gasteiger partial charge in [-0.3, -0.25) is 4.79 Å². The molecule has 0 heterocycles. The molecule has 0 aliphatic heterocycles. The first-order valence-corrected chi connectivity index (χ1v) is 7.98. The number of carbonyl (C=O) groups excluding carboxylic acids is 1. The van der Waals surface area contributed by atoms with Gasteiger partial charge in [0, 0.05) is 10.0 Å². The molecule has 6 heteroatoms. The molecule has 0 unspecified atom stereocenters. The Balaban J connectivity index is 2.19. The van der Waals surface area contributed by atoms with E-state index >= 15 is 0 Å². The molecule has 0 spiro atoms. The van der Waals surface area contributed by atoms with Crippen molar-refractivity contribution < 1.29 is 23.0 Å². The van der Waals surface area contributed by atoms with E-state index in [0.717, 1.165) is 4.47 Å². The van der Waals surface area contributed by atoms with Gasteiger partial charge in [-0.05, 0) is 42.8 Å². The van der Waals surface area contributed by atoms with Crippen LogP contribution in [0.5, 0.6) is 11.5 Å². The van der Waals surface area contributed by atoms with E-state index in [1.807, 2.05) is 6.07 Å². The minimum Gasteiger partial charge on any atom is -0.490 e. The van der Waals surface area contributed by atoms with E-state index < -0.39 is 6.61 Å². The van der Waals surface area contributed by atoms with Crippen molar-refractivity contribution in [1.29, 1.82) is 0 Å². The third-order valence-electron chi connectivity index (χ3n) is 3.02. The second-order valence-electron chi connectivity index (χ2n) is 4.73. The second-order valence-corrected chi connectivity index (χ2v) is 5.64. The number of ether oxygens (including phenoxy) is 2. The Labute approximate surface area is 147 Å². The summed E-state index contributed by atoms with van der Waals surface area (Å²) in [6.45, 7) is -0.876. The maximum Gasteiger partial charge on any atom is 0.387 e. The van der Waals surface area contributed by atoms with Gasteiger partial charge in [0.2, 0.25) is 0 Å². The van der Waals surface area contributed by atoms with Gasteiger partial charge in [0.05, 0.1) is 6.61 Å². The number of carbonyl (C=O) groups is 1. The summed E-state index contributed by atoms with van der Waals surface area (Å²) in [7, 11) is 0. The molecule has 2 aromatic carbocycles. The van der Waals surface area contributed by atoms with Gasteiger partial charge in [-0.25, -0.2) is 0 Å². The second kappa shape index (κ2) is 8.59. The molecule has 126 valence electrons. The topological polar surface area (TPSA) is 35.5 Å². The molecule has 0 aromatic heterocycles. The van der Waals surface area contributed by atoms with E-state index in [2.05, 4.69) is 20.7 Å². The van der Waals surface area contributed by atoms with Crippen LogP contribution in [0, 0.1) is 0 Å². The van der Waals surface area contributed by atoms with Gasteiger partial charge in [0.15, 0.2) is 17.3 Å². The van der Waals surface area contributed by atoms with Crippen LogP contribution in [0.25, 0.3) is 6.08 Å². The lowest BCUT2D eigenvalue weighted by molar-refractivity contribution is -0.0514. The van der Waals surface area contributed by atoms with Crippen molar-refractivity contribution in [2.24, 2.45) is 0 Å². The van der Waals surface area contributed by atoms with Gasteiger partial charge >= 0.3 is 6.61 Å². The van der Waals surface area contributed by atoms with E-state index in [-0.39, 0.29) is 17.3 Å². The van der Waals surface area contributed by atoms with Gasteiger partial charge in [0.1, 0.15) is 0 Å². The lowest BCUT2D eigenvalue weighted by Gasteiger charge is -2.11. The zero-order valence-corrected chi connectivity index (χ0v) is 14.4. The van der Waals surface area contributed by atoms with Crippen molar-refractivity contribution >= 4 is 27.8 Å².